The molecule has 30 heteroatoms. The molecule has 4 aliphatic rings. The minimum Gasteiger partial charge on any atom is -0.480 e. The number of aliphatic carboxylic acids is 1. The van der Waals surface area contributed by atoms with Crippen LogP contribution in [-0.4, -0.2) is 198 Å². The van der Waals surface area contributed by atoms with Gasteiger partial charge < -0.3 is 75.9 Å². The number of likely N-dealkylation sites (tertiary alicyclic amines) is 3. The number of H-pyrrole nitrogens is 4. The average molecular weight is 1580 g/mol. The first-order valence-corrected chi connectivity index (χ1v) is 39.2. The largest absolute Gasteiger partial charge is 0.480 e. The number of aromatic amines is 4. The van der Waals surface area contributed by atoms with Gasteiger partial charge in [-0.1, -0.05) is 100.0 Å². The van der Waals surface area contributed by atoms with Crippen LogP contribution in [-0.2, 0) is 41.6 Å². The van der Waals surface area contributed by atoms with Crippen LogP contribution in [0, 0.1) is 46.3 Å². The number of halogens is 1. The zero-order valence-electron chi connectivity index (χ0n) is 66.0. The number of benzene rings is 2. The van der Waals surface area contributed by atoms with Crippen molar-refractivity contribution in [3.63, 3.8) is 0 Å². The number of carboxylic acids is 1. The van der Waals surface area contributed by atoms with Crippen molar-refractivity contribution in [2.75, 3.05) is 94.7 Å². The van der Waals surface area contributed by atoms with Crippen molar-refractivity contribution < 1.29 is 52.8 Å². The molecule has 11 N–H and O–H groups in total. The standard InChI is InChI=1S/C23H28N4O2.C19H23N5O3.C16H22N4O2.C13H20N2.C10H9ClN2O2.C3H3NO2/c1-3-29-23(28)19-13-25-22-18(9-11-24-22)21(19)26-20-15-27(12-10-16(20)2)14-17-7-5-4-6-8-17;1-3-27-19(26)14-10-22-18-13(5-8-21-18)17(14)23-15-11-24(9-6-12(15)2)16(25)4-7-20;1-3-22-16(21)12-8-19-15-11(5-7-18-15)14(12)20-13-9-17-6-4-10(13)2;1-11-7-8-15(10-13(11)14)9-12-5-3-2-4-6-12;1-2-15-10(14)7-5-13-9-6(8(7)11)3-4-12-9;4-2-1-3(5)6/h4-9,11,13,16,20H,3,10,12,14-15H2,1-2H3,(H2,24,25,26);5,8,10,12,15H,3-4,6,9,11H2,1-2H3,(H2,21,22,23);5,7-8,10,13,17H,3-4,6,9H2,1-2H3,(H2,18,19,20);2-6,11,13H,7-10,14H2,1H3;3-5H,2H2,1H3,(H,12,13);1H2,(H,5,6)/t16-,20+;12-,15+;10-,13+;11-,13+;;/m1111../s1. The van der Waals surface area contributed by atoms with Gasteiger partial charge in [-0.2, -0.15) is 10.5 Å². The van der Waals surface area contributed by atoms with Crippen LogP contribution in [0.4, 0.5) is 17.1 Å². The fourth-order valence-electron chi connectivity index (χ4n) is 13.8. The van der Waals surface area contributed by atoms with E-state index >= 15 is 0 Å². The quantitative estimate of drug-likeness (QED) is 0.0250. The normalized spacial score (nSPS) is 19.3. The number of carbonyl (C=O) groups excluding carboxylic acids is 5. The molecule has 4 saturated heterocycles. The highest BCUT2D eigenvalue weighted by molar-refractivity contribution is 6.38. The number of hydrogen-bond acceptors (Lipinski definition) is 23. The predicted octanol–water partition coefficient (Wildman–Crippen LogP) is 12.7. The Kier molecular flexibility index (Phi) is 33.0. The van der Waals surface area contributed by atoms with E-state index in [0.29, 0.717) is 107 Å². The Morgan fingerprint density at radius 1 is 0.500 bits per heavy atom. The summed E-state index contributed by atoms with van der Waals surface area (Å²) in [4.78, 5) is 106. The zero-order valence-corrected chi connectivity index (χ0v) is 66.7. The molecule has 604 valence electrons. The van der Waals surface area contributed by atoms with Gasteiger partial charge in [0.05, 0.1) is 66.2 Å². The number of pyridine rings is 4. The Morgan fingerprint density at radius 3 is 1.29 bits per heavy atom. The number of carbonyl (C=O) groups is 6. The first-order valence-electron chi connectivity index (χ1n) is 38.9. The van der Waals surface area contributed by atoms with Crippen LogP contribution >= 0.6 is 11.6 Å². The highest BCUT2D eigenvalue weighted by atomic mass is 35.5. The maximum absolute atomic E-state index is 12.5. The van der Waals surface area contributed by atoms with E-state index in [4.69, 9.17) is 51.9 Å². The summed E-state index contributed by atoms with van der Waals surface area (Å²) in [6, 6.07) is 32.9. The van der Waals surface area contributed by atoms with Crippen LogP contribution in [0.25, 0.3) is 44.1 Å². The lowest BCUT2D eigenvalue weighted by atomic mass is 9.92. The van der Waals surface area contributed by atoms with Crippen molar-refractivity contribution in [1.82, 2.24) is 59.9 Å². The smallest absolute Gasteiger partial charge is 0.341 e. The van der Waals surface area contributed by atoms with Crippen molar-refractivity contribution in [3.8, 4) is 12.1 Å². The van der Waals surface area contributed by atoms with Gasteiger partial charge in [-0.05, 0) is 132 Å². The molecule has 114 heavy (non-hydrogen) atoms. The highest BCUT2D eigenvalue weighted by Gasteiger charge is 2.33. The van der Waals surface area contributed by atoms with Crippen molar-refractivity contribution in [2.24, 2.45) is 29.4 Å². The van der Waals surface area contributed by atoms with Gasteiger partial charge in [-0.15, -0.1) is 0 Å². The first-order chi connectivity index (χ1) is 55.2. The first kappa shape index (κ1) is 86.5. The number of amides is 1. The summed E-state index contributed by atoms with van der Waals surface area (Å²) in [5.74, 6) is -0.773. The molecule has 14 rings (SSSR count). The number of hydrogen-bond donors (Lipinski definition) is 10. The molecule has 0 bridgehead atoms. The van der Waals surface area contributed by atoms with Crippen LogP contribution in [0.5, 0.6) is 0 Å². The van der Waals surface area contributed by atoms with E-state index in [0.717, 1.165) is 109 Å². The summed E-state index contributed by atoms with van der Waals surface area (Å²) >= 11 is 6.05. The molecule has 12 heterocycles. The number of piperidine rings is 4. The monoisotopic (exact) mass is 1580 g/mol. The molecular formula is C84H105ClN18O11. The lowest BCUT2D eigenvalue weighted by Gasteiger charge is -2.38. The fraction of sp³-hybridized carbons (Fsp3) is 0.429. The molecular weight excluding hydrogens is 1470 g/mol. The maximum Gasteiger partial charge on any atom is 0.341 e. The maximum atomic E-state index is 12.5. The number of aromatic nitrogens is 8. The lowest BCUT2D eigenvalue weighted by molar-refractivity contribution is -0.136. The van der Waals surface area contributed by atoms with E-state index in [1.54, 1.807) is 56.5 Å². The van der Waals surface area contributed by atoms with Gasteiger partial charge in [0, 0.05) is 141 Å². The number of carboxylic acid groups (broad SMARTS) is 1. The van der Waals surface area contributed by atoms with E-state index in [2.05, 4.69) is 159 Å². The van der Waals surface area contributed by atoms with Crippen LogP contribution in [0.15, 0.2) is 135 Å². The Balaban J connectivity index is 0.000000164. The molecule has 2 aromatic carbocycles. The van der Waals surface area contributed by atoms with Crippen LogP contribution < -0.4 is 27.0 Å². The van der Waals surface area contributed by atoms with Crippen molar-refractivity contribution in [3.05, 3.63) is 173 Å². The predicted molar refractivity (Wildman–Crippen MR) is 440 cm³/mol. The number of rotatable bonds is 20. The number of nitrogens with one attached hydrogen (secondary N) is 8. The Bertz CT molecular complexity index is 4880. The fourth-order valence-corrected chi connectivity index (χ4v) is 14.1. The van der Waals surface area contributed by atoms with Crippen molar-refractivity contribution in [1.29, 1.82) is 10.5 Å². The summed E-state index contributed by atoms with van der Waals surface area (Å²) in [7, 11) is 0. The number of anilines is 3. The Labute approximate surface area is 668 Å². The molecule has 29 nitrogen and oxygen atoms in total. The topological polar surface area (TPSA) is 406 Å². The zero-order chi connectivity index (χ0) is 81.6. The van der Waals surface area contributed by atoms with E-state index in [9.17, 15) is 28.8 Å². The third kappa shape index (κ3) is 23.8. The highest BCUT2D eigenvalue weighted by Crippen LogP contribution is 2.34. The number of nitriles is 2. The molecule has 4 aliphatic heterocycles. The van der Waals surface area contributed by atoms with E-state index < -0.39 is 24.3 Å². The van der Waals surface area contributed by atoms with Gasteiger partial charge in [-0.25, -0.2) is 39.1 Å². The molecule has 0 saturated carbocycles. The van der Waals surface area contributed by atoms with E-state index in [1.807, 2.05) is 43.6 Å². The molecule has 0 radical (unpaired) electrons. The van der Waals surface area contributed by atoms with Crippen molar-refractivity contribution in [2.45, 2.75) is 131 Å². The van der Waals surface area contributed by atoms with Crippen LogP contribution in [0.2, 0.25) is 5.02 Å². The van der Waals surface area contributed by atoms with E-state index in [1.165, 1.54) is 42.6 Å². The number of fused-ring (bicyclic) bond motifs is 4. The number of ether oxygens (including phenoxy) is 4. The van der Waals surface area contributed by atoms with Crippen LogP contribution in [0.3, 0.4) is 0 Å². The minimum atomic E-state index is -1.07. The molecule has 1 amide bonds. The van der Waals surface area contributed by atoms with Gasteiger partial charge in [0.1, 0.15) is 52.1 Å². The molecule has 0 spiro atoms. The lowest BCUT2D eigenvalue weighted by Crippen LogP contribution is -2.49. The van der Waals surface area contributed by atoms with E-state index in [-0.39, 0.29) is 49.0 Å². The second-order valence-electron chi connectivity index (χ2n) is 28.5. The SMILES string of the molecule is CCOC(=O)c1cnc2[nH]ccc2c1Cl.CCOC(=O)c1cnc2[nH]ccc2c1N[C@H]1CN(C(=O)CC#N)CC[C@H]1C.CCOC(=O)c1cnc2[nH]ccc2c1N[C@H]1CN(Cc2ccccc2)CC[C@H]1C.CCOC(=O)c1cnc2[nH]ccc2c1N[C@H]1CNCC[C@H]1C.C[C@@H]1CCN(Cc2ccccc2)C[C@@H]1N.N#CCC(=O)O. The van der Waals surface area contributed by atoms with Gasteiger partial charge in [-0.3, -0.25) is 19.4 Å². The molecule has 0 unspecified atom stereocenters. The van der Waals surface area contributed by atoms with Gasteiger partial charge in [0.15, 0.2) is 0 Å². The molecule has 4 fully saturated rings. The third-order valence-electron chi connectivity index (χ3n) is 20.5. The molecule has 8 aromatic heterocycles. The number of nitrogens with two attached hydrogens (primary N) is 1. The van der Waals surface area contributed by atoms with Crippen LogP contribution in [0.1, 0.15) is 146 Å². The molecule has 8 atom stereocenters. The average Bonchev–Trinajstić information content (AvgIpc) is 1.54. The third-order valence-corrected chi connectivity index (χ3v) is 20.9. The Hall–Kier alpha value is -11.5. The second kappa shape index (κ2) is 43.5. The van der Waals surface area contributed by atoms with Crippen molar-refractivity contribution >= 4 is 109 Å². The minimum absolute atomic E-state index is 0.0462. The molecule has 0 aliphatic carbocycles. The summed E-state index contributed by atoms with van der Waals surface area (Å²) in [5, 5.41) is 41.9. The van der Waals surface area contributed by atoms with Gasteiger partial charge in [0.25, 0.3) is 0 Å². The second-order valence-corrected chi connectivity index (χ2v) is 28.9. The Morgan fingerprint density at radius 2 is 0.877 bits per heavy atom. The summed E-state index contributed by atoms with van der Waals surface area (Å²) in [5.41, 5.74) is 15.6. The van der Waals surface area contributed by atoms with Gasteiger partial charge >= 0.3 is 29.8 Å². The molecule has 10 aromatic rings. The van der Waals surface area contributed by atoms with Gasteiger partial charge in [0.2, 0.25) is 5.91 Å². The number of nitrogens with zero attached hydrogens (tertiary/aromatic N) is 9. The summed E-state index contributed by atoms with van der Waals surface area (Å²) < 4.78 is 20.5. The summed E-state index contributed by atoms with van der Waals surface area (Å²) in [6.07, 6.45) is 17.0. The summed E-state index contributed by atoms with van der Waals surface area (Å²) in [6.45, 7) is 26.6. The number of esters is 4.